The van der Waals surface area contributed by atoms with E-state index in [1.54, 1.807) is 35.2 Å². The smallest absolute Gasteiger partial charge is 0.329 e. The van der Waals surface area contributed by atoms with Crippen molar-refractivity contribution in [3.8, 4) is 0 Å². The van der Waals surface area contributed by atoms with Crippen LogP contribution in [0.1, 0.15) is 30.0 Å². The van der Waals surface area contributed by atoms with E-state index >= 15 is 0 Å². The molecule has 1 aliphatic rings. The number of rotatable bonds is 6. The number of carbonyl (C=O) groups excluding carboxylic acids is 1. The Labute approximate surface area is 161 Å². The molecule has 27 heavy (non-hydrogen) atoms. The molecule has 3 rings (SSSR count). The van der Waals surface area contributed by atoms with Crippen molar-refractivity contribution < 1.29 is 23.8 Å². The minimum Gasteiger partial charge on any atom is -0.480 e. The van der Waals surface area contributed by atoms with Crippen LogP contribution in [0, 0.1) is 5.82 Å². The number of likely N-dealkylation sites (tertiary alicyclic amines) is 1. The third-order valence-corrected chi connectivity index (χ3v) is 4.76. The summed E-state index contributed by atoms with van der Waals surface area (Å²) in [7, 11) is 0. The average molecular weight is 392 g/mol. The largest absolute Gasteiger partial charge is 0.480 e. The Morgan fingerprint density at radius 3 is 2.67 bits per heavy atom. The lowest BCUT2D eigenvalue weighted by atomic mass is 9.91. The predicted octanol–water partition coefficient (Wildman–Crippen LogP) is 3.81. The van der Waals surface area contributed by atoms with Crippen LogP contribution in [0.5, 0.6) is 0 Å². The van der Waals surface area contributed by atoms with Crippen molar-refractivity contribution in [3.05, 3.63) is 70.5 Å². The van der Waals surface area contributed by atoms with Crippen LogP contribution in [0.2, 0.25) is 5.02 Å². The summed E-state index contributed by atoms with van der Waals surface area (Å²) in [6, 6.07) is 12.6. The van der Waals surface area contributed by atoms with Gasteiger partial charge in [-0.05, 0) is 41.8 Å². The van der Waals surface area contributed by atoms with Crippen molar-refractivity contribution in [1.82, 2.24) is 4.90 Å². The topological polar surface area (TPSA) is 66.8 Å². The SMILES string of the molecule is O=C(O)CO[C@H]1CCC(=O)N(Cc2ccc(F)cc2)[C@@H]1c1cccc(Cl)c1. The van der Waals surface area contributed by atoms with Gasteiger partial charge in [-0.2, -0.15) is 0 Å². The fourth-order valence-electron chi connectivity index (χ4n) is 3.33. The number of amides is 1. The molecule has 0 radical (unpaired) electrons. The van der Waals surface area contributed by atoms with Gasteiger partial charge in [0, 0.05) is 18.0 Å². The van der Waals surface area contributed by atoms with Crippen LogP contribution in [-0.2, 0) is 20.9 Å². The third-order valence-electron chi connectivity index (χ3n) is 4.53. The van der Waals surface area contributed by atoms with E-state index in [0.29, 0.717) is 11.4 Å². The lowest BCUT2D eigenvalue weighted by Gasteiger charge is -2.41. The van der Waals surface area contributed by atoms with Gasteiger partial charge in [0.15, 0.2) is 0 Å². The zero-order valence-corrected chi connectivity index (χ0v) is 15.2. The standard InChI is InChI=1S/C20H19ClFNO4/c21-15-3-1-2-14(10-15)20-17(27-12-19(25)26)8-9-18(24)23(20)11-13-4-6-16(22)7-5-13/h1-7,10,17,20H,8-9,11-12H2,(H,25,26)/t17-,20+/m0/s1. The van der Waals surface area contributed by atoms with E-state index in [1.807, 2.05) is 6.07 Å². The number of carboxylic acids is 1. The van der Waals surface area contributed by atoms with Crippen LogP contribution in [-0.4, -0.2) is 34.6 Å². The number of benzene rings is 2. The lowest BCUT2D eigenvalue weighted by Crippen LogP contribution is -2.46. The predicted molar refractivity (Wildman–Crippen MR) is 97.8 cm³/mol. The van der Waals surface area contributed by atoms with Gasteiger partial charge in [0.25, 0.3) is 0 Å². The van der Waals surface area contributed by atoms with Crippen LogP contribution >= 0.6 is 11.6 Å². The summed E-state index contributed by atoms with van der Waals surface area (Å²) in [4.78, 5) is 25.3. The molecule has 1 aliphatic heterocycles. The second-order valence-corrected chi connectivity index (χ2v) is 6.87. The first-order valence-electron chi connectivity index (χ1n) is 8.57. The van der Waals surface area contributed by atoms with E-state index in [1.165, 1.54) is 12.1 Å². The van der Waals surface area contributed by atoms with Gasteiger partial charge in [-0.1, -0.05) is 35.9 Å². The number of hydrogen-bond donors (Lipinski definition) is 1. The maximum atomic E-state index is 13.2. The maximum absolute atomic E-state index is 13.2. The summed E-state index contributed by atoms with van der Waals surface area (Å²) < 4.78 is 18.8. The second-order valence-electron chi connectivity index (χ2n) is 6.43. The Balaban J connectivity index is 1.93. The fraction of sp³-hybridized carbons (Fsp3) is 0.300. The van der Waals surface area contributed by atoms with Gasteiger partial charge in [-0.3, -0.25) is 4.79 Å². The number of carboxylic acid groups (broad SMARTS) is 1. The highest BCUT2D eigenvalue weighted by molar-refractivity contribution is 6.30. The molecule has 0 spiro atoms. The fourth-order valence-corrected chi connectivity index (χ4v) is 3.53. The number of aliphatic carboxylic acids is 1. The molecular formula is C20H19ClFNO4. The molecule has 0 aromatic heterocycles. The molecule has 1 N–H and O–H groups in total. The Bertz CT molecular complexity index is 827. The highest BCUT2D eigenvalue weighted by Gasteiger charge is 2.38. The number of hydrogen-bond acceptors (Lipinski definition) is 3. The Morgan fingerprint density at radius 1 is 1.26 bits per heavy atom. The molecule has 7 heteroatoms. The summed E-state index contributed by atoms with van der Waals surface area (Å²) in [6.07, 6.45) is 0.198. The summed E-state index contributed by atoms with van der Waals surface area (Å²) >= 11 is 6.12. The highest BCUT2D eigenvalue weighted by atomic mass is 35.5. The number of nitrogens with zero attached hydrogens (tertiary/aromatic N) is 1. The van der Waals surface area contributed by atoms with Crippen molar-refractivity contribution >= 4 is 23.5 Å². The summed E-state index contributed by atoms with van der Waals surface area (Å²) in [5.41, 5.74) is 1.55. The van der Waals surface area contributed by atoms with Crippen LogP contribution < -0.4 is 0 Å². The first kappa shape index (κ1) is 19.3. The quantitative estimate of drug-likeness (QED) is 0.813. The number of ether oxygens (including phenoxy) is 1. The van der Waals surface area contributed by atoms with Crippen molar-refractivity contribution in [2.75, 3.05) is 6.61 Å². The second kappa shape index (κ2) is 8.50. The molecule has 2 aromatic carbocycles. The molecule has 0 aliphatic carbocycles. The van der Waals surface area contributed by atoms with E-state index < -0.39 is 24.7 Å². The average Bonchev–Trinajstić information content (AvgIpc) is 2.63. The molecule has 142 valence electrons. The van der Waals surface area contributed by atoms with Gasteiger partial charge < -0.3 is 14.7 Å². The Hall–Kier alpha value is -2.44. The normalized spacial score (nSPS) is 19.9. The van der Waals surface area contributed by atoms with E-state index in [4.69, 9.17) is 21.4 Å². The molecule has 0 bridgehead atoms. The van der Waals surface area contributed by atoms with E-state index in [-0.39, 0.29) is 24.7 Å². The van der Waals surface area contributed by atoms with E-state index in [9.17, 15) is 14.0 Å². The number of halogens is 2. The zero-order valence-electron chi connectivity index (χ0n) is 14.5. The third kappa shape index (κ3) is 4.84. The molecule has 0 unspecified atom stereocenters. The van der Waals surface area contributed by atoms with Crippen LogP contribution in [0.15, 0.2) is 48.5 Å². The molecule has 1 saturated heterocycles. The Morgan fingerprint density at radius 2 is 2.00 bits per heavy atom. The van der Waals surface area contributed by atoms with Crippen LogP contribution in [0.4, 0.5) is 4.39 Å². The molecule has 0 saturated carbocycles. The van der Waals surface area contributed by atoms with Crippen LogP contribution in [0.25, 0.3) is 0 Å². The Kier molecular flexibility index (Phi) is 6.08. The van der Waals surface area contributed by atoms with Gasteiger partial charge in [0.1, 0.15) is 12.4 Å². The molecule has 5 nitrogen and oxygen atoms in total. The van der Waals surface area contributed by atoms with E-state index in [0.717, 1.165) is 11.1 Å². The molecule has 2 atom stereocenters. The summed E-state index contributed by atoms with van der Waals surface area (Å²) in [6.45, 7) is -0.177. The van der Waals surface area contributed by atoms with Gasteiger partial charge in [0.05, 0.1) is 12.1 Å². The zero-order chi connectivity index (χ0) is 19.4. The van der Waals surface area contributed by atoms with Crippen molar-refractivity contribution in [2.24, 2.45) is 0 Å². The van der Waals surface area contributed by atoms with Gasteiger partial charge in [0.2, 0.25) is 5.91 Å². The number of piperidine rings is 1. The lowest BCUT2D eigenvalue weighted by molar-refractivity contribution is -0.154. The first-order chi connectivity index (χ1) is 12.9. The van der Waals surface area contributed by atoms with E-state index in [2.05, 4.69) is 0 Å². The van der Waals surface area contributed by atoms with Crippen molar-refractivity contribution in [2.45, 2.75) is 31.5 Å². The molecule has 1 fully saturated rings. The minimum atomic E-state index is -1.07. The van der Waals surface area contributed by atoms with Gasteiger partial charge >= 0.3 is 5.97 Å². The van der Waals surface area contributed by atoms with Gasteiger partial charge in [-0.15, -0.1) is 0 Å². The first-order valence-corrected chi connectivity index (χ1v) is 8.94. The van der Waals surface area contributed by atoms with Gasteiger partial charge in [-0.25, -0.2) is 9.18 Å². The summed E-state index contributed by atoms with van der Waals surface area (Å²) in [5, 5.41) is 9.48. The summed E-state index contributed by atoms with van der Waals surface area (Å²) in [5.74, 6) is -1.49. The monoisotopic (exact) mass is 391 g/mol. The molecule has 2 aromatic rings. The minimum absolute atomic E-state index is 0.0699. The van der Waals surface area contributed by atoms with Crippen molar-refractivity contribution in [3.63, 3.8) is 0 Å². The molecule has 1 amide bonds. The molecule has 1 heterocycles. The number of carbonyl (C=O) groups is 2. The highest BCUT2D eigenvalue weighted by Crippen LogP contribution is 2.36. The van der Waals surface area contributed by atoms with Crippen molar-refractivity contribution in [1.29, 1.82) is 0 Å². The molecular weight excluding hydrogens is 373 g/mol. The maximum Gasteiger partial charge on any atom is 0.329 e. The van der Waals surface area contributed by atoms with Crippen LogP contribution in [0.3, 0.4) is 0 Å².